The van der Waals surface area contributed by atoms with Gasteiger partial charge < -0.3 is 10.0 Å². The van der Waals surface area contributed by atoms with E-state index in [0.29, 0.717) is 18.7 Å². The molecule has 1 N–H and O–H groups in total. The second kappa shape index (κ2) is 8.48. The predicted octanol–water partition coefficient (Wildman–Crippen LogP) is 2.63. The predicted molar refractivity (Wildman–Crippen MR) is 84.7 cm³/mol. The van der Waals surface area contributed by atoms with Crippen LogP contribution in [0.15, 0.2) is 24.3 Å². The maximum Gasteiger partial charge on any atom is 0.416 e. The number of piperazine rings is 1. The first-order chi connectivity index (χ1) is 11.4. The second-order valence-corrected chi connectivity index (χ2v) is 5.99. The Morgan fingerprint density at radius 1 is 1.00 bits per heavy atom. The quantitative estimate of drug-likeness (QED) is 0.807. The first-order valence-corrected chi connectivity index (χ1v) is 8.21. The first-order valence-electron chi connectivity index (χ1n) is 8.21. The number of carbonyl (C=O) groups is 1. The molecule has 1 aromatic carbocycles. The number of aliphatic hydroxyl groups is 1. The summed E-state index contributed by atoms with van der Waals surface area (Å²) in [5.74, 6) is -0.219. The summed E-state index contributed by atoms with van der Waals surface area (Å²) in [6.07, 6.45) is -1.57. The number of halogens is 3. The van der Waals surface area contributed by atoms with Crippen molar-refractivity contribution in [2.24, 2.45) is 0 Å². The molecule has 1 aliphatic rings. The third-order valence-electron chi connectivity index (χ3n) is 4.25. The Hall–Kier alpha value is -1.60. The highest BCUT2D eigenvalue weighted by Gasteiger charge is 2.30. The van der Waals surface area contributed by atoms with Gasteiger partial charge in [-0.05, 0) is 50.1 Å². The molecule has 0 spiro atoms. The van der Waals surface area contributed by atoms with Crippen LogP contribution >= 0.6 is 0 Å². The molecule has 1 aromatic rings. The molecular formula is C17H23F3N2O2. The van der Waals surface area contributed by atoms with Gasteiger partial charge in [-0.15, -0.1) is 0 Å². The molecular weight excluding hydrogens is 321 g/mol. The van der Waals surface area contributed by atoms with Crippen LogP contribution in [0.3, 0.4) is 0 Å². The van der Waals surface area contributed by atoms with Crippen LogP contribution in [0.4, 0.5) is 13.2 Å². The van der Waals surface area contributed by atoms with Gasteiger partial charge in [0.25, 0.3) is 5.91 Å². The number of alkyl halides is 3. The lowest BCUT2D eigenvalue weighted by Crippen LogP contribution is -2.48. The van der Waals surface area contributed by atoms with E-state index in [1.54, 1.807) is 4.90 Å². The smallest absolute Gasteiger partial charge is 0.396 e. The van der Waals surface area contributed by atoms with E-state index in [-0.39, 0.29) is 12.5 Å². The van der Waals surface area contributed by atoms with Crippen molar-refractivity contribution in [3.05, 3.63) is 35.4 Å². The summed E-state index contributed by atoms with van der Waals surface area (Å²) >= 11 is 0. The Kier molecular flexibility index (Phi) is 6.62. The standard InChI is InChI=1S/C17H23F3N2O2/c18-17(19,20)15-6-4-14(5-7-15)16(24)22-11-9-21(10-12-22)8-2-1-3-13-23/h4-7,23H,1-3,8-13H2. The Bertz CT molecular complexity index is 524. The van der Waals surface area contributed by atoms with Crippen molar-refractivity contribution in [1.29, 1.82) is 0 Å². The molecule has 0 radical (unpaired) electrons. The lowest BCUT2D eigenvalue weighted by Gasteiger charge is -2.34. The van der Waals surface area contributed by atoms with Gasteiger partial charge in [-0.1, -0.05) is 0 Å². The number of benzene rings is 1. The molecule has 1 fully saturated rings. The maximum absolute atomic E-state index is 12.6. The number of rotatable bonds is 6. The number of aliphatic hydroxyl groups excluding tert-OH is 1. The molecule has 134 valence electrons. The van der Waals surface area contributed by atoms with Crippen LogP contribution in [0, 0.1) is 0 Å². The fourth-order valence-corrected chi connectivity index (χ4v) is 2.78. The first kappa shape index (κ1) is 18.7. The van der Waals surface area contributed by atoms with Crippen molar-refractivity contribution in [3.8, 4) is 0 Å². The third-order valence-corrected chi connectivity index (χ3v) is 4.25. The second-order valence-electron chi connectivity index (χ2n) is 5.99. The van der Waals surface area contributed by atoms with Crippen molar-refractivity contribution in [2.75, 3.05) is 39.3 Å². The monoisotopic (exact) mass is 344 g/mol. The average Bonchev–Trinajstić information content (AvgIpc) is 2.58. The molecule has 4 nitrogen and oxygen atoms in total. The molecule has 1 amide bonds. The molecule has 1 aliphatic heterocycles. The van der Waals surface area contributed by atoms with Crippen molar-refractivity contribution in [1.82, 2.24) is 9.80 Å². The molecule has 24 heavy (non-hydrogen) atoms. The zero-order chi connectivity index (χ0) is 17.6. The van der Waals surface area contributed by atoms with Crippen LogP contribution in [-0.2, 0) is 6.18 Å². The van der Waals surface area contributed by atoms with Crippen LogP contribution in [0.5, 0.6) is 0 Å². The van der Waals surface area contributed by atoms with Gasteiger partial charge >= 0.3 is 6.18 Å². The molecule has 2 rings (SSSR count). The minimum absolute atomic E-state index is 0.218. The van der Waals surface area contributed by atoms with E-state index >= 15 is 0 Å². The summed E-state index contributed by atoms with van der Waals surface area (Å²) in [7, 11) is 0. The van der Waals surface area contributed by atoms with E-state index < -0.39 is 11.7 Å². The SMILES string of the molecule is O=C(c1ccc(C(F)(F)F)cc1)N1CCN(CCCCCO)CC1. The third kappa shape index (κ3) is 5.21. The van der Waals surface area contributed by atoms with Crippen LogP contribution < -0.4 is 0 Å². The Labute approximate surface area is 139 Å². The van der Waals surface area contributed by atoms with Crippen LogP contribution in [0.25, 0.3) is 0 Å². The fourth-order valence-electron chi connectivity index (χ4n) is 2.78. The van der Waals surface area contributed by atoms with Crippen molar-refractivity contribution >= 4 is 5.91 Å². The highest BCUT2D eigenvalue weighted by atomic mass is 19.4. The van der Waals surface area contributed by atoms with Crippen molar-refractivity contribution in [2.45, 2.75) is 25.4 Å². The molecule has 0 aliphatic carbocycles. The molecule has 0 saturated carbocycles. The number of carbonyl (C=O) groups excluding carboxylic acids is 1. The Morgan fingerprint density at radius 2 is 1.62 bits per heavy atom. The molecule has 0 aromatic heterocycles. The zero-order valence-corrected chi connectivity index (χ0v) is 13.6. The molecule has 7 heteroatoms. The number of hydrogen-bond donors (Lipinski definition) is 1. The highest BCUT2D eigenvalue weighted by molar-refractivity contribution is 5.94. The van der Waals surface area contributed by atoms with E-state index in [0.717, 1.165) is 51.0 Å². The molecule has 0 bridgehead atoms. The van der Waals surface area contributed by atoms with Gasteiger partial charge in [0.15, 0.2) is 0 Å². The number of amides is 1. The van der Waals surface area contributed by atoms with E-state index in [1.807, 2.05) is 0 Å². The largest absolute Gasteiger partial charge is 0.416 e. The maximum atomic E-state index is 12.6. The zero-order valence-electron chi connectivity index (χ0n) is 13.6. The summed E-state index contributed by atoms with van der Waals surface area (Å²) in [6.45, 7) is 3.87. The minimum atomic E-state index is -4.39. The minimum Gasteiger partial charge on any atom is -0.396 e. The van der Waals surface area contributed by atoms with Crippen LogP contribution in [-0.4, -0.2) is 60.1 Å². The van der Waals surface area contributed by atoms with Crippen LogP contribution in [0.1, 0.15) is 35.2 Å². The number of unbranched alkanes of at least 4 members (excludes halogenated alkanes) is 2. The number of hydrogen-bond acceptors (Lipinski definition) is 3. The van der Waals surface area contributed by atoms with E-state index in [2.05, 4.69) is 4.90 Å². The fraction of sp³-hybridized carbons (Fsp3) is 0.588. The highest BCUT2D eigenvalue weighted by Crippen LogP contribution is 2.29. The van der Waals surface area contributed by atoms with Gasteiger partial charge in [0.1, 0.15) is 0 Å². The summed E-state index contributed by atoms with van der Waals surface area (Å²) < 4.78 is 37.7. The van der Waals surface area contributed by atoms with Crippen molar-refractivity contribution < 1.29 is 23.1 Å². The van der Waals surface area contributed by atoms with Gasteiger partial charge in [-0.25, -0.2) is 0 Å². The topological polar surface area (TPSA) is 43.8 Å². The Morgan fingerprint density at radius 3 is 2.17 bits per heavy atom. The summed E-state index contributed by atoms with van der Waals surface area (Å²) in [4.78, 5) is 16.3. The van der Waals surface area contributed by atoms with Gasteiger partial charge in [0.05, 0.1) is 5.56 Å². The van der Waals surface area contributed by atoms with Gasteiger partial charge in [0.2, 0.25) is 0 Å². The number of nitrogens with zero attached hydrogens (tertiary/aromatic N) is 2. The molecule has 0 atom stereocenters. The lowest BCUT2D eigenvalue weighted by molar-refractivity contribution is -0.137. The summed E-state index contributed by atoms with van der Waals surface area (Å²) in [6, 6.07) is 4.38. The summed E-state index contributed by atoms with van der Waals surface area (Å²) in [5.41, 5.74) is -0.453. The molecule has 1 heterocycles. The van der Waals surface area contributed by atoms with Gasteiger partial charge in [0, 0.05) is 38.3 Å². The van der Waals surface area contributed by atoms with E-state index in [1.165, 1.54) is 12.1 Å². The van der Waals surface area contributed by atoms with Gasteiger partial charge in [-0.2, -0.15) is 13.2 Å². The van der Waals surface area contributed by atoms with Crippen molar-refractivity contribution in [3.63, 3.8) is 0 Å². The van der Waals surface area contributed by atoms with Gasteiger partial charge in [-0.3, -0.25) is 9.69 Å². The van der Waals surface area contributed by atoms with E-state index in [9.17, 15) is 18.0 Å². The summed E-state index contributed by atoms with van der Waals surface area (Å²) in [5, 5.41) is 8.75. The lowest BCUT2D eigenvalue weighted by atomic mass is 10.1. The van der Waals surface area contributed by atoms with E-state index in [4.69, 9.17) is 5.11 Å². The molecule has 1 saturated heterocycles. The average molecular weight is 344 g/mol. The molecule has 0 unspecified atom stereocenters. The normalized spacial score (nSPS) is 16.4. The Balaban J connectivity index is 1.82. The van der Waals surface area contributed by atoms with Crippen LogP contribution in [0.2, 0.25) is 0 Å².